The SMILES string of the molecule is C1CCC(C2CNCN2)CC1. The van der Waals surface area contributed by atoms with E-state index in [2.05, 4.69) is 10.6 Å². The first kappa shape index (κ1) is 7.56. The summed E-state index contributed by atoms with van der Waals surface area (Å²) >= 11 is 0. The smallest absolute Gasteiger partial charge is 0.0457 e. The van der Waals surface area contributed by atoms with E-state index in [-0.39, 0.29) is 0 Å². The van der Waals surface area contributed by atoms with Crippen molar-refractivity contribution in [1.29, 1.82) is 0 Å². The van der Waals surface area contributed by atoms with Gasteiger partial charge in [-0.15, -0.1) is 0 Å². The standard InChI is InChI=1S/C9H18N2/c1-2-4-8(5-3-1)9-6-10-7-11-9/h8-11H,1-7H2. The second-order valence-corrected chi connectivity index (χ2v) is 3.84. The molecule has 0 radical (unpaired) electrons. The van der Waals surface area contributed by atoms with Gasteiger partial charge in [0.05, 0.1) is 0 Å². The Labute approximate surface area is 68.7 Å². The molecule has 2 aliphatic rings. The number of rotatable bonds is 1. The van der Waals surface area contributed by atoms with E-state index in [9.17, 15) is 0 Å². The summed E-state index contributed by atoms with van der Waals surface area (Å²) in [7, 11) is 0. The average Bonchev–Trinajstić information content (AvgIpc) is 2.58. The van der Waals surface area contributed by atoms with Crippen molar-refractivity contribution in [2.45, 2.75) is 38.1 Å². The van der Waals surface area contributed by atoms with Crippen molar-refractivity contribution in [2.75, 3.05) is 13.2 Å². The Morgan fingerprint density at radius 3 is 2.45 bits per heavy atom. The van der Waals surface area contributed by atoms with Gasteiger partial charge < -0.3 is 10.6 Å². The molecule has 1 aliphatic carbocycles. The van der Waals surface area contributed by atoms with Crippen molar-refractivity contribution in [3.8, 4) is 0 Å². The third-order valence-electron chi connectivity index (χ3n) is 3.07. The van der Waals surface area contributed by atoms with Crippen LogP contribution in [0.5, 0.6) is 0 Å². The number of nitrogens with one attached hydrogen (secondary N) is 2. The van der Waals surface area contributed by atoms with E-state index in [1.807, 2.05) is 0 Å². The zero-order valence-electron chi connectivity index (χ0n) is 7.10. The minimum atomic E-state index is 0.787. The summed E-state index contributed by atoms with van der Waals surface area (Å²) < 4.78 is 0. The minimum Gasteiger partial charge on any atom is -0.303 e. The summed E-state index contributed by atoms with van der Waals surface area (Å²) in [5.41, 5.74) is 0. The molecule has 1 atom stereocenters. The van der Waals surface area contributed by atoms with Crippen molar-refractivity contribution < 1.29 is 0 Å². The maximum Gasteiger partial charge on any atom is 0.0457 e. The molecule has 1 saturated carbocycles. The van der Waals surface area contributed by atoms with E-state index < -0.39 is 0 Å². The van der Waals surface area contributed by atoms with Crippen LogP contribution in [0.15, 0.2) is 0 Å². The van der Waals surface area contributed by atoms with E-state index in [0.29, 0.717) is 0 Å². The largest absolute Gasteiger partial charge is 0.303 e. The van der Waals surface area contributed by atoms with E-state index in [4.69, 9.17) is 0 Å². The highest BCUT2D eigenvalue weighted by Crippen LogP contribution is 2.26. The zero-order chi connectivity index (χ0) is 7.52. The van der Waals surface area contributed by atoms with Crippen molar-refractivity contribution >= 4 is 0 Å². The Morgan fingerprint density at radius 2 is 1.82 bits per heavy atom. The molecule has 1 heterocycles. The maximum atomic E-state index is 3.52. The highest BCUT2D eigenvalue weighted by Gasteiger charge is 2.25. The highest BCUT2D eigenvalue weighted by molar-refractivity contribution is 4.84. The molecule has 0 bridgehead atoms. The van der Waals surface area contributed by atoms with E-state index in [1.165, 1.54) is 38.6 Å². The van der Waals surface area contributed by atoms with Crippen LogP contribution in [0.2, 0.25) is 0 Å². The molecule has 64 valence electrons. The Bertz CT molecular complexity index is 113. The van der Waals surface area contributed by atoms with Gasteiger partial charge in [0.15, 0.2) is 0 Å². The molecule has 2 heteroatoms. The van der Waals surface area contributed by atoms with Crippen LogP contribution >= 0.6 is 0 Å². The lowest BCUT2D eigenvalue weighted by molar-refractivity contribution is 0.296. The molecule has 2 fully saturated rings. The summed E-state index contributed by atoms with van der Waals surface area (Å²) in [4.78, 5) is 0. The Kier molecular flexibility index (Phi) is 2.44. The van der Waals surface area contributed by atoms with Gasteiger partial charge in [0, 0.05) is 19.3 Å². The topological polar surface area (TPSA) is 24.1 Å². The maximum absolute atomic E-state index is 3.52. The first-order chi connectivity index (χ1) is 5.47. The molecule has 11 heavy (non-hydrogen) atoms. The van der Waals surface area contributed by atoms with E-state index in [0.717, 1.165) is 18.6 Å². The molecule has 0 amide bonds. The van der Waals surface area contributed by atoms with Gasteiger partial charge in [0.2, 0.25) is 0 Å². The minimum absolute atomic E-state index is 0.787. The molecule has 0 spiro atoms. The third kappa shape index (κ3) is 1.74. The van der Waals surface area contributed by atoms with Gasteiger partial charge in [-0.2, -0.15) is 0 Å². The molecule has 1 saturated heterocycles. The molecule has 2 N–H and O–H groups in total. The lowest BCUT2D eigenvalue weighted by Gasteiger charge is -2.26. The van der Waals surface area contributed by atoms with Crippen molar-refractivity contribution in [3.05, 3.63) is 0 Å². The van der Waals surface area contributed by atoms with Crippen LogP contribution in [0.4, 0.5) is 0 Å². The molecule has 1 unspecified atom stereocenters. The van der Waals surface area contributed by atoms with Crippen LogP contribution in [0.3, 0.4) is 0 Å². The summed E-state index contributed by atoms with van der Waals surface area (Å²) in [6.07, 6.45) is 7.31. The molecule has 2 nitrogen and oxygen atoms in total. The fraction of sp³-hybridized carbons (Fsp3) is 1.00. The summed E-state index contributed by atoms with van der Waals surface area (Å²) in [5, 5.41) is 6.87. The Morgan fingerprint density at radius 1 is 1.00 bits per heavy atom. The second kappa shape index (κ2) is 3.55. The van der Waals surface area contributed by atoms with E-state index in [1.54, 1.807) is 0 Å². The zero-order valence-corrected chi connectivity index (χ0v) is 7.10. The first-order valence-electron chi connectivity index (χ1n) is 4.91. The molecule has 2 rings (SSSR count). The Hall–Kier alpha value is -0.0800. The van der Waals surface area contributed by atoms with Gasteiger partial charge in [-0.3, -0.25) is 0 Å². The lowest BCUT2D eigenvalue weighted by atomic mass is 9.84. The van der Waals surface area contributed by atoms with Crippen LogP contribution in [-0.4, -0.2) is 19.3 Å². The fourth-order valence-electron chi connectivity index (χ4n) is 2.37. The van der Waals surface area contributed by atoms with Gasteiger partial charge in [-0.1, -0.05) is 19.3 Å². The predicted molar refractivity (Wildman–Crippen MR) is 46.4 cm³/mol. The predicted octanol–water partition coefficient (Wildman–Crippen LogP) is 1.09. The molecule has 0 aromatic heterocycles. The second-order valence-electron chi connectivity index (χ2n) is 3.84. The first-order valence-corrected chi connectivity index (χ1v) is 4.91. The van der Waals surface area contributed by atoms with Crippen molar-refractivity contribution in [3.63, 3.8) is 0 Å². The molecular formula is C9H18N2. The molecule has 0 aromatic carbocycles. The van der Waals surface area contributed by atoms with Crippen molar-refractivity contribution in [2.24, 2.45) is 5.92 Å². The van der Waals surface area contributed by atoms with Crippen LogP contribution in [-0.2, 0) is 0 Å². The quantitative estimate of drug-likeness (QED) is 0.590. The lowest BCUT2D eigenvalue weighted by Crippen LogP contribution is -2.33. The normalized spacial score (nSPS) is 34.4. The van der Waals surface area contributed by atoms with Crippen molar-refractivity contribution in [1.82, 2.24) is 10.6 Å². The summed E-state index contributed by atoms with van der Waals surface area (Å²) in [5.74, 6) is 0.971. The number of hydrogen-bond donors (Lipinski definition) is 2. The van der Waals surface area contributed by atoms with Gasteiger partial charge >= 0.3 is 0 Å². The van der Waals surface area contributed by atoms with Gasteiger partial charge in [-0.25, -0.2) is 0 Å². The third-order valence-corrected chi connectivity index (χ3v) is 3.07. The molecule has 0 aromatic rings. The van der Waals surface area contributed by atoms with Crippen LogP contribution in [0, 0.1) is 5.92 Å². The molecule has 1 aliphatic heterocycles. The van der Waals surface area contributed by atoms with Crippen LogP contribution in [0.1, 0.15) is 32.1 Å². The average molecular weight is 154 g/mol. The van der Waals surface area contributed by atoms with Gasteiger partial charge in [0.1, 0.15) is 0 Å². The van der Waals surface area contributed by atoms with Crippen LogP contribution < -0.4 is 10.6 Å². The monoisotopic (exact) mass is 154 g/mol. The van der Waals surface area contributed by atoms with Gasteiger partial charge in [-0.05, 0) is 18.8 Å². The summed E-state index contributed by atoms with van der Waals surface area (Å²) in [6, 6.07) is 0.787. The van der Waals surface area contributed by atoms with E-state index >= 15 is 0 Å². The van der Waals surface area contributed by atoms with Gasteiger partial charge in [0.25, 0.3) is 0 Å². The molecular weight excluding hydrogens is 136 g/mol. The Balaban J connectivity index is 1.82. The fourth-order valence-corrected chi connectivity index (χ4v) is 2.37. The number of hydrogen-bond acceptors (Lipinski definition) is 2. The van der Waals surface area contributed by atoms with Crippen LogP contribution in [0.25, 0.3) is 0 Å². The highest BCUT2D eigenvalue weighted by atomic mass is 15.2. The summed E-state index contributed by atoms with van der Waals surface area (Å²) in [6.45, 7) is 2.23.